The minimum atomic E-state index is 0.239. The van der Waals surface area contributed by atoms with Crippen molar-refractivity contribution in [1.82, 2.24) is 4.57 Å². The van der Waals surface area contributed by atoms with E-state index in [2.05, 4.69) is 4.57 Å². The van der Waals surface area contributed by atoms with Crippen LogP contribution in [-0.4, -0.2) is 10.4 Å². The van der Waals surface area contributed by atoms with Crippen LogP contribution >= 0.6 is 23.2 Å². The Morgan fingerprint density at radius 2 is 1.89 bits per heavy atom. The fourth-order valence-electron chi connectivity index (χ4n) is 2.71. The molecule has 1 heterocycles. The van der Waals surface area contributed by atoms with Crippen LogP contribution in [0.25, 0.3) is 5.69 Å². The fraction of sp³-hybridized carbons (Fsp3) is 0.267. The molecule has 98 valence electrons. The van der Waals surface area contributed by atoms with Crippen LogP contribution in [0.5, 0.6) is 0 Å². The lowest BCUT2D eigenvalue weighted by Gasteiger charge is -2.16. The Bertz CT molecular complexity index is 673. The molecule has 0 saturated carbocycles. The molecule has 1 aromatic heterocycles. The Hall–Kier alpha value is -1.25. The molecule has 1 aromatic carbocycles. The van der Waals surface area contributed by atoms with Crippen LogP contribution in [0.3, 0.4) is 0 Å². The smallest absolute Gasteiger partial charge is 0.164 e. The van der Waals surface area contributed by atoms with Crippen LogP contribution in [-0.2, 0) is 6.42 Å². The van der Waals surface area contributed by atoms with Crippen molar-refractivity contribution in [3.63, 3.8) is 0 Å². The van der Waals surface area contributed by atoms with Crippen molar-refractivity contribution in [2.75, 3.05) is 0 Å². The normalized spacial score (nSPS) is 14.6. The topological polar surface area (TPSA) is 22.0 Å². The van der Waals surface area contributed by atoms with E-state index < -0.39 is 0 Å². The van der Waals surface area contributed by atoms with Gasteiger partial charge in [-0.05, 0) is 44.0 Å². The maximum atomic E-state index is 11.9. The van der Waals surface area contributed by atoms with Crippen LogP contribution < -0.4 is 0 Å². The highest BCUT2D eigenvalue weighted by Crippen LogP contribution is 2.30. The van der Waals surface area contributed by atoms with Crippen molar-refractivity contribution >= 4 is 29.0 Å². The summed E-state index contributed by atoms with van der Waals surface area (Å²) in [4.78, 5) is 11.9. The van der Waals surface area contributed by atoms with Gasteiger partial charge in [0, 0.05) is 29.1 Å². The highest BCUT2D eigenvalue weighted by Gasteiger charge is 2.23. The minimum absolute atomic E-state index is 0.239. The lowest BCUT2D eigenvalue weighted by atomic mass is 9.96. The summed E-state index contributed by atoms with van der Waals surface area (Å²) < 4.78 is 2.11. The lowest BCUT2D eigenvalue weighted by Crippen LogP contribution is -2.12. The summed E-state index contributed by atoms with van der Waals surface area (Å²) in [5.74, 6) is 0.239. The number of ketones is 1. The predicted molar refractivity (Wildman–Crippen MR) is 77.8 cm³/mol. The van der Waals surface area contributed by atoms with Gasteiger partial charge in [0.15, 0.2) is 5.78 Å². The predicted octanol–water partition coefficient (Wildman–Crippen LogP) is 4.61. The number of hydrogen-bond acceptors (Lipinski definition) is 1. The average molecular weight is 294 g/mol. The Kier molecular flexibility index (Phi) is 3.15. The third kappa shape index (κ3) is 2.09. The number of Topliss-reactive ketones (excluding diaryl/α,β-unsaturated/α-hetero) is 1. The molecule has 0 radical (unpaired) electrons. The number of rotatable bonds is 1. The van der Waals surface area contributed by atoms with Crippen LogP contribution in [0.4, 0.5) is 0 Å². The molecule has 0 unspecified atom stereocenters. The van der Waals surface area contributed by atoms with Crippen LogP contribution in [0, 0.1) is 6.92 Å². The van der Waals surface area contributed by atoms with Crippen molar-refractivity contribution in [2.45, 2.75) is 26.2 Å². The van der Waals surface area contributed by atoms with E-state index in [0.29, 0.717) is 16.5 Å². The first-order chi connectivity index (χ1) is 9.08. The molecule has 2 nitrogen and oxygen atoms in total. The molecule has 2 aromatic rings. The highest BCUT2D eigenvalue weighted by atomic mass is 35.5. The van der Waals surface area contributed by atoms with E-state index in [1.807, 2.05) is 25.1 Å². The Balaban J connectivity index is 2.20. The number of aryl methyl sites for hydroxylation is 1. The van der Waals surface area contributed by atoms with E-state index in [9.17, 15) is 4.79 Å². The number of fused-ring (bicyclic) bond motifs is 1. The molecule has 0 bridgehead atoms. The zero-order chi connectivity index (χ0) is 13.6. The van der Waals surface area contributed by atoms with E-state index in [0.717, 1.165) is 35.5 Å². The maximum Gasteiger partial charge on any atom is 0.164 e. The third-order valence-electron chi connectivity index (χ3n) is 3.57. The van der Waals surface area contributed by atoms with Crippen molar-refractivity contribution in [1.29, 1.82) is 0 Å². The van der Waals surface area contributed by atoms with Gasteiger partial charge in [0.05, 0.1) is 10.0 Å². The molecule has 1 aliphatic rings. The number of benzene rings is 1. The van der Waals surface area contributed by atoms with Crippen LogP contribution in [0.2, 0.25) is 10.0 Å². The molecule has 0 N–H and O–H groups in total. The molecule has 4 heteroatoms. The molecule has 0 spiro atoms. The Labute approximate surface area is 121 Å². The third-order valence-corrected chi connectivity index (χ3v) is 4.30. The SMILES string of the molecule is Cc1cc2c(n1-c1ccc(Cl)c(Cl)c1)CCCC2=O. The van der Waals surface area contributed by atoms with E-state index in [-0.39, 0.29) is 5.78 Å². The van der Waals surface area contributed by atoms with Gasteiger partial charge in [0.25, 0.3) is 0 Å². The number of aromatic nitrogens is 1. The van der Waals surface area contributed by atoms with E-state index in [4.69, 9.17) is 23.2 Å². The molecule has 0 aliphatic heterocycles. The maximum absolute atomic E-state index is 11.9. The Morgan fingerprint density at radius 3 is 2.63 bits per heavy atom. The number of hydrogen-bond donors (Lipinski definition) is 0. The summed E-state index contributed by atoms with van der Waals surface area (Å²) in [7, 11) is 0. The standard InChI is InChI=1S/C15H13Cl2NO/c1-9-7-11-14(3-2-4-15(11)19)18(9)10-5-6-12(16)13(17)8-10/h5-8H,2-4H2,1H3. The molecular weight excluding hydrogens is 281 g/mol. The van der Waals surface area contributed by atoms with Gasteiger partial charge in [0.1, 0.15) is 0 Å². The second kappa shape index (κ2) is 4.69. The van der Waals surface area contributed by atoms with E-state index in [1.165, 1.54) is 0 Å². The van der Waals surface area contributed by atoms with Crippen LogP contribution in [0.1, 0.15) is 34.6 Å². The molecule has 0 saturated heterocycles. The van der Waals surface area contributed by atoms with Gasteiger partial charge in [-0.1, -0.05) is 23.2 Å². The van der Waals surface area contributed by atoms with E-state index in [1.54, 1.807) is 6.07 Å². The number of carbonyl (C=O) groups excluding carboxylic acids is 1. The molecule has 19 heavy (non-hydrogen) atoms. The summed E-state index contributed by atoms with van der Waals surface area (Å²) >= 11 is 12.0. The number of carbonyl (C=O) groups is 1. The van der Waals surface area contributed by atoms with Crippen molar-refractivity contribution in [3.8, 4) is 5.69 Å². The quantitative estimate of drug-likeness (QED) is 0.752. The first kappa shape index (κ1) is 12.8. The van der Waals surface area contributed by atoms with Crippen molar-refractivity contribution < 1.29 is 4.79 Å². The van der Waals surface area contributed by atoms with Gasteiger partial charge >= 0.3 is 0 Å². The second-order valence-electron chi connectivity index (χ2n) is 4.86. The number of halogens is 2. The van der Waals surface area contributed by atoms with Crippen LogP contribution in [0.15, 0.2) is 24.3 Å². The summed E-state index contributed by atoms with van der Waals surface area (Å²) in [5, 5.41) is 1.07. The minimum Gasteiger partial charge on any atom is -0.317 e. The molecule has 3 rings (SSSR count). The largest absolute Gasteiger partial charge is 0.317 e. The van der Waals surface area contributed by atoms with Crippen molar-refractivity contribution in [3.05, 3.63) is 51.3 Å². The van der Waals surface area contributed by atoms with Crippen molar-refractivity contribution in [2.24, 2.45) is 0 Å². The molecule has 1 aliphatic carbocycles. The molecule has 0 fully saturated rings. The monoisotopic (exact) mass is 293 g/mol. The Morgan fingerprint density at radius 1 is 1.11 bits per heavy atom. The zero-order valence-electron chi connectivity index (χ0n) is 10.5. The first-order valence-electron chi connectivity index (χ1n) is 6.28. The lowest BCUT2D eigenvalue weighted by molar-refractivity contribution is 0.0972. The molecule has 0 amide bonds. The summed E-state index contributed by atoms with van der Waals surface area (Å²) in [6, 6.07) is 7.53. The van der Waals surface area contributed by atoms with Gasteiger partial charge in [0.2, 0.25) is 0 Å². The zero-order valence-corrected chi connectivity index (χ0v) is 12.1. The first-order valence-corrected chi connectivity index (χ1v) is 7.03. The van der Waals surface area contributed by atoms with Gasteiger partial charge in [-0.25, -0.2) is 0 Å². The average Bonchev–Trinajstić information content (AvgIpc) is 2.71. The second-order valence-corrected chi connectivity index (χ2v) is 5.67. The molecule has 0 atom stereocenters. The number of nitrogens with zero attached hydrogens (tertiary/aromatic N) is 1. The van der Waals surface area contributed by atoms with Gasteiger partial charge in [-0.15, -0.1) is 0 Å². The summed E-state index contributed by atoms with van der Waals surface area (Å²) in [6.07, 6.45) is 2.49. The highest BCUT2D eigenvalue weighted by molar-refractivity contribution is 6.42. The molecular formula is C15H13Cl2NO. The fourth-order valence-corrected chi connectivity index (χ4v) is 3.00. The van der Waals surface area contributed by atoms with E-state index >= 15 is 0 Å². The van der Waals surface area contributed by atoms with Gasteiger partial charge < -0.3 is 4.57 Å². The van der Waals surface area contributed by atoms with Gasteiger partial charge in [-0.3, -0.25) is 4.79 Å². The van der Waals surface area contributed by atoms with Gasteiger partial charge in [-0.2, -0.15) is 0 Å². The summed E-state index contributed by atoms with van der Waals surface area (Å²) in [5.41, 5.74) is 3.96. The summed E-state index contributed by atoms with van der Waals surface area (Å²) in [6.45, 7) is 2.01.